The summed E-state index contributed by atoms with van der Waals surface area (Å²) in [6.07, 6.45) is 8.89. The van der Waals surface area contributed by atoms with Crippen LogP contribution < -0.4 is 0 Å². The third-order valence-electron chi connectivity index (χ3n) is 8.05. The van der Waals surface area contributed by atoms with Gasteiger partial charge in [-0.3, -0.25) is 14.4 Å². The summed E-state index contributed by atoms with van der Waals surface area (Å²) in [7, 11) is 0. The minimum Gasteiger partial charge on any atom is -0.462 e. The van der Waals surface area contributed by atoms with Gasteiger partial charge >= 0.3 is 5.97 Å². The van der Waals surface area contributed by atoms with Crippen LogP contribution in [0.25, 0.3) is 0 Å². The van der Waals surface area contributed by atoms with Crippen LogP contribution in [0.4, 0.5) is 0 Å². The van der Waals surface area contributed by atoms with Gasteiger partial charge in [0.05, 0.1) is 0 Å². The molecule has 0 unspecified atom stereocenters. The summed E-state index contributed by atoms with van der Waals surface area (Å²) < 4.78 is 5.77. The second-order valence-corrected chi connectivity index (χ2v) is 9.56. The van der Waals surface area contributed by atoms with Crippen molar-refractivity contribution in [3.05, 3.63) is 23.8 Å². The van der Waals surface area contributed by atoms with Crippen LogP contribution in [0, 0.1) is 34.5 Å². The highest BCUT2D eigenvalue weighted by Gasteiger charge is 2.63. The zero-order valence-electron chi connectivity index (χ0n) is 16.8. The molecule has 0 aromatic carbocycles. The average molecular weight is 370 g/mol. The zero-order chi connectivity index (χ0) is 19.6. The molecule has 27 heavy (non-hydrogen) atoms. The maximum atomic E-state index is 13.4. The lowest BCUT2D eigenvalue weighted by molar-refractivity contribution is -0.164. The van der Waals surface area contributed by atoms with Crippen molar-refractivity contribution in [3.8, 4) is 0 Å². The number of allylic oxidation sites excluding steroid dienone is 4. The van der Waals surface area contributed by atoms with Crippen molar-refractivity contribution in [1.29, 1.82) is 0 Å². The van der Waals surface area contributed by atoms with E-state index in [4.69, 9.17) is 4.74 Å². The molecule has 4 nitrogen and oxygen atoms in total. The third-order valence-corrected chi connectivity index (χ3v) is 8.05. The van der Waals surface area contributed by atoms with Crippen molar-refractivity contribution in [2.75, 3.05) is 0 Å². The highest BCUT2D eigenvalue weighted by Crippen LogP contribution is 2.64. The fraction of sp³-hybridized carbons (Fsp3) is 0.696. The highest BCUT2D eigenvalue weighted by atomic mass is 16.5. The zero-order valence-corrected chi connectivity index (χ0v) is 16.8. The van der Waals surface area contributed by atoms with Gasteiger partial charge in [-0.05, 0) is 49.2 Å². The van der Waals surface area contributed by atoms with Crippen molar-refractivity contribution >= 4 is 17.5 Å². The SMILES string of the molecule is CCC(=O)O[C@@H]1CC[C@H]2[C@@H]3C[C@@H](C)C4=CC(=O)C=C[C@]4(C)[C@H]3C(=O)C[C@]12C. The van der Waals surface area contributed by atoms with Crippen LogP contribution in [0.15, 0.2) is 23.8 Å². The smallest absolute Gasteiger partial charge is 0.305 e. The number of esters is 1. The summed E-state index contributed by atoms with van der Waals surface area (Å²) >= 11 is 0. The van der Waals surface area contributed by atoms with E-state index in [1.165, 1.54) is 0 Å². The highest BCUT2D eigenvalue weighted by molar-refractivity contribution is 6.02. The Kier molecular flexibility index (Phi) is 4.25. The molecule has 0 aromatic heterocycles. The number of carbonyl (C=O) groups is 3. The second-order valence-electron chi connectivity index (χ2n) is 9.56. The van der Waals surface area contributed by atoms with Crippen molar-refractivity contribution in [2.24, 2.45) is 34.5 Å². The van der Waals surface area contributed by atoms with E-state index in [2.05, 4.69) is 20.8 Å². The summed E-state index contributed by atoms with van der Waals surface area (Å²) in [5.41, 5.74) is 0.515. The molecule has 0 aliphatic heterocycles. The Balaban J connectivity index is 1.70. The molecule has 0 N–H and O–H groups in total. The Morgan fingerprint density at radius 1 is 1.26 bits per heavy atom. The Bertz CT molecular complexity index is 762. The maximum Gasteiger partial charge on any atom is 0.305 e. The summed E-state index contributed by atoms with van der Waals surface area (Å²) in [5.74, 6) is 1.05. The minimum atomic E-state index is -0.354. The van der Waals surface area contributed by atoms with Gasteiger partial charge in [0.2, 0.25) is 0 Å². The van der Waals surface area contributed by atoms with Gasteiger partial charge in [-0.1, -0.05) is 39.3 Å². The molecule has 0 spiro atoms. The van der Waals surface area contributed by atoms with E-state index in [0.717, 1.165) is 24.8 Å². The van der Waals surface area contributed by atoms with Gasteiger partial charge in [0, 0.05) is 29.6 Å². The third kappa shape index (κ3) is 2.59. The predicted molar refractivity (Wildman–Crippen MR) is 102 cm³/mol. The molecular weight excluding hydrogens is 340 g/mol. The van der Waals surface area contributed by atoms with Crippen LogP contribution in [-0.4, -0.2) is 23.6 Å². The van der Waals surface area contributed by atoms with Crippen LogP contribution in [0.1, 0.15) is 59.8 Å². The van der Waals surface area contributed by atoms with Gasteiger partial charge in [0.25, 0.3) is 0 Å². The Labute approximate surface area is 161 Å². The lowest BCUT2D eigenvalue weighted by Gasteiger charge is -2.57. The number of carbonyl (C=O) groups excluding carboxylic acids is 3. The van der Waals surface area contributed by atoms with Crippen molar-refractivity contribution in [2.45, 2.75) is 65.9 Å². The average Bonchev–Trinajstić information content (AvgIpc) is 2.92. The Morgan fingerprint density at radius 3 is 2.70 bits per heavy atom. The van der Waals surface area contributed by atoms with Crippen molar-refractivity contribution in [1.82, 2.24) is 0 Å². The summed E-state index contributed by atoms with van der Waals surface area (Å²) in [6, 6.07) is 0. The van der Waals surface area contributed by atoms with Crippen LogP contribution in [0.2, 0.25) is 0 Å². The number of ketones is 2. The molecule has 4 aliphatic rings. The van der Waals surface area contributed by atoms with Gasteiger partial charge in [0.15, 0.2) is 5.78 Å². The molecule has 0 aromatic rings. The first-order valence-corrected chi connectivity index (χ1v) is 10.4. The quantitative estimate of drug-likeness (QED) is 0.688. The summed E-state index contributed by atoms with van der Waals surface area (Å²) in [5, 5.41) is 0. The molecule has 7 atom stereocenters. The van der Waals surface area contributed by atoms with Crippen molar-refractivity contribution < 1.29 is 19.1 Å². The summed E-state index contributed by atoms with van der Waals surface area (Å²) in [4.78, 5) is 37.3. The Morgan fingerprint density at radius 2 is 2.00 bits per heavy atom. The normalized spacial score (nSPS) is 45.6. The summed E-state index contributed by atoms with van der Waals surface area (Å²) in [6.45, 7) is 8.30. The molecule has 0 amide bonds. The van der Waals surface area contributed by atoms with Crippen LogP contribution in [0.3, 0.4) is 0 Å². The topological polar surface area (TPSA) is 60.4 Å². The monoisotopic (exact) mass is 370 g/mol. The molecule has 4 heteroatoms. The molecule has 3 fully saturated rings. The van der Waals surface area contributed by atoms with E-state index in [-0.39, 0.29) is 52.2 Å². The van der Waals surface area contributed by atoms with Crippen LogP contribution >= 0.6 is 0 Å². The standard InChI is InChI=1S/C23H30O4/c1-5-20(26)27-19-7-6-16-15-10-13(2)17-11-14(24)8-9-22(17,3)21(15)18(25)12-23(16,19)4/h8-9,11,13,15-16,19,21H,5-7,10,12H2,1-4H3/t13-,15+,16+,19-,21-,22+,23+/m1/s1. The van der Waals surface area contributed by atoms with E-state index < -0.39 is 0 Å². The molecule has 146 valence electrons. The van der Waals surface area contributed by atoms with Crippen molar-refractivity contribution in [3.63, 3.8) is 0 Å². The first-order valence-electron chi connectivity index (χ1n) is 10.4. The molecule has 4 rings (SSSR count). The van der Waals surface area contributed by atoms with E-state index in [0.29, 0.717) is 18.8 Å². The largest absolute Gasteiger partial charge is 0.462 e. The number of Topliss-reactive ketones (excluding diaryl/α,β-unsaturated/α-hetero) is 1. The van der Waals surface area contributed by atoms with Gasteiger partial charge in [-0.25, -0.2) is 0 Å². The Hall–Kier alpha value is -1.71. The lowest BCUT2D eigenvalue weighted by atomic mass is 9.46. The molecule has 0 saturated heterocycles. The number of fused-ring (bicyclic) bond motifs is 5. The molecule has 0 bridgehead atoms. The number of rotatable bonds is 2. The van der Waals surface area contributed by atoms with Crippen LogP contribution in [0.5, 0.6) is 0 Å². The van der Waals surface area contributed by atoms with E-state index >= 15 is 0 Å². The molecule has 4 aliphatic carbocycles. The maximum absolute atomic E-state index is 13.4. The molecular formula is C23H30O4. The lowest BCUT2D eigenvalue weighted by Crippen LogP contribution is -2.56. The van der Waals surface area contributed by atoms with E-state index in [1.54, 1.807) is 12.2 Å². The fourth-order valence-electron chi connectivity index (χ4n) is 6.85. The molecule has 0 radical (unpaired) electrons. The molecule has 0 heterocycles. The number of hydrogen-bond donors (Lipinski definition) is 0. The van der Waals surface area contributed by atoms with Crippen LogP contribution in [-0.2, 0) is 19.1 Å². The van der Waals surface area contributed by atoms with Gasteiger partial charge in [0.1, 0.15) is 11.9 Å². The first kappa shape index (κ1) is 18.6. The van der Waals surface area contributed by atoms with Gasteiger partial charge in [-0.15, -0.1) is 0 Å². The number of hydrogen-bond acceptors (Lipinski definition) is 4. The second kappa shape index (κ2) is 6.15. The van der Waals surface area contributed by atoms with Gasteiger partial charge < -0.3 is 4.74 Å². The minimum absolute atomic E-state index is 0.0354. The predicted octanol–water partition coefficient (Wildman–Crippen LogP) is 4.04. The first-order chi connectivity index (χ1) is 12.7. The van der Waals surface area contributed by atoms with E-state index in [9.17, 15) is 14.4 Å². The van der Waals surface area contributed by atoms with E-state index in [1.807, 2.05) is 13.0 Å². The van der Waals surface area contributed by atoms with Gasteiger partial charge in [-0.2, -0.15) is 0 Å². The number of ether oxygens (including phenoxy) is 1. The molecule has 3 saturated carbocycles. The fourth-order valence-corrected chi connectivity index (χ4v) is 6.85.